The topological polar surface area (TPSA) is 43.8 Å². The molecule has 1 aromatic rings. The van der Waals surface area contributed by atoms with Crippen LogP contribution in [0.2, 0.25) is 0 Å². The van der Waals surface area contributed by atoms with Crippen LogP contribution in [0.15, 0.2) is 18.2 Å². The second-order valence-corrected chi connectivity index (χ2v) is 6.44. The predicted octanol–water partition coefficient (Wildman–Crippen LogP) is 2.62. The molecule has 2 aliphatic rings. The molecule has 1 N–H and O–H groups in total. The second kappa shape index (κ2) is 6.24. The number of carbonyl (C=O) groups is 1. The maximum atomic E-state index is 13.9. The Morgan fingerprint density at radius 2 is 2.09 bits per heavy atom. The summed E-state index contributed by atoms with van der Waals surface area (Å²) in [7, 11) is 0. The van der Waals surface area contributed by atoms with Gasteiger partial charge >= 0.3 is 0 Å². The number of hydrogen-bond donors (Lipinski definition) is 1. The van der Waals surface area contributed by atoms with Gasteiger partial charge < -0.3 is 10.0 Å². The van der Waals surface area contributed by atoms with E-state index in [2.05, 4.69) is 11.8 Å². The molecule has 0 saturated carbocycles. The molecule has 2 heterocycles. The number of rotatable bonds is 3. The maximum Gasteiger partial charge on any atom is 0.257 e. The van der Waals surface area contributed by atoms with Gasteiger partial charge in [0.15, 0.2) is 0 Å². The van der Waals surface area contributed by atoms with Gasteiger partial charge in [0, 0.05) is 31.2 Å². The molecule has 0 bridgehead atoms. The van der Waals surface area contributed by atoms with Crippen LogP contribution in [-0.4, -0.2) is 52.5 Å². The fraction of sp³-hybridized carbons (Fsp3) is 0.588. The van der Waals surface area contributed by atoms with Crippen molar-refractivity contribution in [3.8, 4) is 5.75 Å². The van der Waals surface area contributed by atoms with Crippen LogP contribution in [0.1, 0.15) is 43.0 Å². The van der Waals surface area contributed by atoms with Crippen LogP contribution < -0.4 is 0 Å². The zero-order valence-corrected chi connectivity index (χ0v) is 13.0. The van der Waals surface area contributed by atoms with E-state index >= 15 is 0 Å². The SMILES string of the molecule is C[C@@H]1CCCN1C[C@@H]1CCCN1C(=O)c1ccc(O)cc1F. The molecule has 3 rings (SSSR count). The molecule has 2 saturated heterocycles. The Labute approximate surface area is 130 Å². The fourth-order valence-electron chi connectivity index (χ4n) is 3.66. The highest BCUT2D eigenvalue weighted by Crippen LogP contribution is 2.26. The van der Waals surface area contributed by atoms with E-state index in [1.807, 2.05) is 0 Å². The molecule has 0 aromatic heterocycles. The first-order valence-electron chi connectivity index (χ1n) is 8.10. The highest BCUT2D eigenvalue weighted by Gasteiger charge is 2.33. The number of carbonyl (C=O) groups excluding carboxylic acids is 1. The van der Waals surface area contributed by atoms with Crippen LogP contribution in [0, 0.1) is 5.82 Å². The van der Waals surface area contributed by atoms with E-state index in [4.69, 9.17) is 0 Å². The Hall–Kier alpha value is -1.62. The summed E-state index contributed by atoms with van der Waals surface area (Å²) in [5.41, 5.74) is 0.0548. The number of benzene rings is 1. The van der Waals surface area contributed by atoms with Crippen LogP contribution in [0.25, 0.3) is 0 Å². The van der Waals surface area contributed by atoms with Crippen molar-refractivity contribution in [1.29, 1.82) is 0 Å². The quantitative estimate of drug-likeness (QED) is 0.933. The first-order valence-corrected chi connectivity index (χ1v) is 8.10. The van der Waals surface area contributed by atoms with Gasteiger partial charge in [-0.3, -0.25) is 9.69 Å². The average Bonchev–Trinajstić information content (AvgIpc) is 3.09. The summed E-state index contributed by atoms with van der Waals surface area (Å²) in [6, 6.07) is 4.48. The van der Waals surface area contributed by atoms with Crippen LogP contribution in [0.5, 0.6) is 5.75 Å². The Kier molecular flexibility index (Phi) is 4.34. The lowest BCUT2D eigenvalue weighted by Crippen LogP contribution is -2.44. The van der Waals surface area contributed by atoms with Gasteiger partial charge in [-0.25, -0.2) is 4.39 Å². The van der Waals surface area contributed by atoms with Crippen molar-refractivity contribution in [2.45, 2.75) is 44.7 Å². The van der Waals surface area contributed by atoms with Gasteiger partial charge in [0.25, 0.3) is 5.91 Å². The number of phenols is 1. The minimum Gasteiger partial charge on any atom is -0.508 e. The highest BCUT2D eigenvalue weighted by molar-refractivity contribution is 5.95. The summed E-state index contributed by atoms with van der Waals surface area (Å²) in [5, 5.41) is 9.28. The van der Waals surface area contributed by atoms with Crippen molar-refractivity contribution in [3.05, 3.63) is 29.6 Å². The molecule has 120 valence electrons. The van der Waals surface area contributed by atoms with Gasteiger partial charge in [-0.1, -0.05) is 0 Å². The molecule has 5 heteroatoms. The molecule has 0 radical (unpaired) electrons. The van der Waals surface area contributed by atoms with E-state index in [0.717, 1.165) is 32.0 Å². The summed E-state index contributed by atoms with van der Waals surface area (Å²) in [6.45, 7) is 4.89. The van der Waals surface area contributed by atoms with Gasteiger partial charge in [-0.2, -0.15) is 0 Å². The number of likely N-dealkylation sites (tertiary alicyclic amines) is 2. The maximum absolute atomic E-state index is 13.9. The van der Waals surface area contributed by atoms with Gasteiger partial charge in [0.2, 0.25) is 0 Å². The molecule has 2 fully saturated rings. The lowest BCUT2D eigenvalue weighted by Gasteiger charge is -2.30. The molecule has 22 heavy (non-hydrogen) atoms. The van der Waals surface area contributed by atoms with E-state index in [1.54, 1.807) is 4.90 Å². The molecular weight excluding hydrogens is 283 g/mol. The number of nitrogens with zero attached hydrogens (tertiary/aromatic N) is 2. The minimum absolute atomic E-state index is 0.0548. The third-order valence-electron chi connectivity index (χ3n) is 4.96. The molecule has 2 atom stereocenters. The molecule has 0 spiro atoms. The second-order valence-electron chi connectivity index (χ2n) is 6.44. The van der Waals surface area contributed by atoms with Crippen molar-refractivity contribution in [2.75, 3.05) is 19.6 Å². The molecular formula is C17H23FN2O2. The van der Waals surface area contributed by atoms with E-state index < -0.39 is 5.82 Å². The fourth-order valence-corrected chi connectivity index (χ4v) is 3.66. The smallest absolute Gasteiger partial charge is 0.257 e. The Balaban J connectivity index is 1.73. The summed E-state index contributed by atoms with van der Waals surface area (Å²) < 4.78 is 13.9. The lowest BCUT2D eigenvalue weighted by molar-refractivity contribution is 0.0692. The van der Waals surface area contributed by atoms with E-state index in [0.29, 0.717) is 12.6 Å². The van der Waals surface area contributed by atoms with Gasteiger partial charge in [0.1, 0.15) is 11.6 Å². The predicted molar refractivity (Wildman–Crippen MR) is 82.4 cm³/mol. The standard InChI is InChI=1S/C17H23FN2O2/c1-12-4-2-8-19(12)11-13-5-3-9-20(13)17(22)15-7-6-14(21)10-16(15)18/h6-7,10,12-13,21H,2-5,8-9,11H2,1H3/t12-,13+/m1/s1. The normalized spacial score (nSPS) is 25.8. The molecule has 0 unspecified atom stereocenters. The van der Waals surface area contributed by atoms with E-state index in [-0.39, 0.29) is 23.3 Å². The van der Waals surface area contributed by atoms with Crippen LogP contribution in [-0.2, 0) is 0 Å². The molecule has 1 amide bonds. The number of phenolic OH excluding ortho intramolecular Hbond substituents is 1. The van der Waals surface area contributed by atoms with Crippen molar-refractivity contribution in [3.63, 3.8) is 0 Å². The third-order valence-corrected chi connectivity index (χ3v) is 4.96. The van der Waals surface area contributed by atoms with E-state index in [1.165, 1.54) is 25.0 Å². The molecule has 0 aliphatic carbocycles. The van der Waals surface area contributed by atoms with Crippen molar-refractivity contribution < 1.29 is 14.3 Å². The zero-order chi connectivity index (χ0) is 15.7. The Morgan fingerprint density at radius 1 is 1.32 bits per heavy atom. The monoisotopic (exact) mass is 306 g/mol. The van der Waals surface area contributed by atoms with E-state index in [9.17, 15) is 14.3 Å². The molecule has 2 aliphatic heterocycles. The van der Waals surface area contributed by atoms with Crippen LogP contribution in [0.4, 0.5) is 4.39 Å². The first-order chi connectivity index (χ1) is 10.6. The number of halogens is 1. The first kappa shape index (κ1) is 15.3. The zero-order valence-electron chi connectivity index (χ0n) is 13.0. The van der Waals surface area contributed by atoms with Gasteiger partial charge in [-0.15, -0.1) is 0 Å². The number of amides is 1. The lowest BCUT2D eigenvalue weighted by atomic mass is 10.1. The van der Waals surface area contributed by atoms with Crippen LogP contribution >= 0.6 is 0 Å². The van der Waals surface area contributed by atoms with Gasteiger partial charge in [-0.05, 0) is 51.3 Å². The third kappa shape index (κ3) is 2.95. The van der Waals surface area contributed by atoms with Crippen LogP contribution in [0.3, 0.4) is 0 Å². The number of aromatic hydroxyl groups is 1. The molecule has 1 aromatic carbocycles. The van der Waals surface area contributed by atoms with Crippen molar-refractivity contribution in [1.82, 2.24) is 9.80 Å². The Morgan fingerprint density at radius 3 is 2.77 bits per heavy atom. The summed E-state index contributed by atoms with van der Waals surface area (Å²) in [4.78, 5) is 16.9. The van der Waals surface area contributed by atoms with Gasteiger partial charge in [0.05, 0.1) is 5.56 Å². The molecule has 4 nitrogen and oxygen atoms in total. The highest BCUT2D eigenvalue weighted by atomic mass is 19.1. The summed E-state index contributed by atoms with van der Waals surface area (Å²) in [5.74, 6) is -1.06. The summed E-state index contributed by atoms with van der Waals surface area (Å²) in [6.07, 6.45) is 4.38. The average molecular weight is 306 g/mol. The largest absolute Gasteiger partial charge is 0.508 e. The minimum atomic E-state index is -0.648. The number of hydrogen-bond acceptors (Lipinski definition) is 3. The van der Waals surface area contributed by atoms with Crippen molar-refractivity contribution in [2.24, 2.45) is 0 Å². The van der Waals surface area contributed by atoms with Crippen molar-refractivity contribution >= 4 is 5.91 Å². The summed E-state index contributed by atoms with van der Waals surface area (Å²) >= 11 is 0. The Bertz CT molecular complexity index is 564.